The fourth-order valence-corrected chi connectivity index (χ4v) is 4.06. The number of aromatic nitrogens is 2. The van der Waals surface area contributed by atoms with Crippen molar-refractivity contribution in [1.82, 2.24) is 14.7 Å². The number of carbonyl (C=O) groups is 1. The fraction of sp³-hybridized carbons (Fsp3) is 0.765. The van der Waals surface area contributed by atoms with Crippen LogP contribution in [0.5, 0.6) is 0 Å². The van der Waals surface area contributed by atoms with Crippen molar-refractivity contribution in [3.05, 3.63) is 18.0 Å². The number of piperidine rings is 1. The quantitative estimate of drug-likeness (QED) is 0.894. The molecule has 1 aromatic heterocycles. The molecule has 0 spiro atoms. The van der Waals surface area contributed by atoms with E-state index >= 15 is 0 Å². The third-order valence-corrected chi connectivity index (χ3v) is 5.31. The maximum Gasteiger partial charge on any atom is 0.325 e. The fourth-order valence-electron chi connectivity index (χ4n) is 4.06. The highest BCUT2D eigenvalue weighted by molar-refractivity contribution is 5.66. The van der Waals surface area contributed by atoms with E-state index in [1.807, 2.05) is 6.07 Å². The summed E-state index contributed by atoms with van der Waals surface area (Å²) in [7, 11) is 0. The van der Waals surface area contributed by atoms with E-state index in [2.05, 4.69) is 10.00 Å². The molecule has 7 heteroatoms. The van der Waals surface area contributed by atoms with Crippen LogP contribution in [0.3, 0.4) is 0 Å². The monoisotopic (exact) mass is 341 g/mol. The van der Waals surface area contributed by atoms with E-state index in [1.54, 1.807) is 10.9 Å². The lowest BCUT2D eigenvalue weighted by molar-refractivity contribution is -0.138. The summed E-state index contributed by atoms with van der Waals surface area (Å²) in [4.78, 5) is 13.3. The number of hydrogen-bond acceptors (Lipinski definition) is 3. The second-order valence-electron chi connectivity index (χ2n) is 7.21. The van der Waals surface area contributed by atoms with Crippen LogP contribution in [0.25, 0.3) is 0 Å². The molecule has 0 bridgehead atoms. The van der Waals surface area contributed by atoms with Crippen molar-refractivity contribution in [2.24, 2.45) is 5.92 Å². The van der Waals surface area contributed by atoms with E-state index in [0.29, 0.717) is 18.8 Å². The Morgan fingerprint density at radius 2 is 2.08 bits per heavy atom. The predicted octanol–water partition coefficient (Wildman–Crippen LogP) is 2.97. The molecule has 2 fully saturated rings. The molecule has 5 nitrogen and oxygen atoms in total. The molecule has 1 N–H and O–H groups in total. The van der Waals surface area contributed by atoms with Gasteiger partial charge in [-0.25, -0.2) is 8.78 Å². The number of rotatable bonds is 5. The molecule has 1 aliphatic heterocycles. The van der Waals surface area contributed by atoms with Gasteiger partial charge in [-0.3, -0.25) is 9.48 Å². The van der Waals surface area contributed by atoms with Gasteiger partial charge in [-0.2, -0.15) is 5.10 Å². The molecule has 1 aromatic rings. The smallest absolute Gasteiger partial charge is 0.325 e. The van der Waals surface area contributed by atoms with Gasteiger partial charge in [0, 0.05) is 43.7 Å². The minimum Gasteiger partial charge on any atom is -0.480 e. The van der Waals surface area contributed by atoms with Crippen LogP contribution in [0, 0.1) is 5.92 Å². The maximum atomic E-state index is 13.3. The summed E-state index contributed by atoms with van der Waals surface area (Å²) in [6.45, 7) is 2.62. The average Bonchev–Trinajstić information content (AvgIpc) is 2.97. The Bertz CT molecular complexity index is 566. The zero-order valence-electron chi connectivity index (χ0n) is 13.8. The molecule has 1 atom stereocenters. The number of hydrogen-bond donors (Lipinski definition) is 1. The molecule has 0 aromatic carbocycles. The van der Waals surface area contributed by atoms with Crippen molar-refractivity contribution in [3.8, 4) is 0 Å². The zero-order chi connectivity index (χ0) is 17.2. The van der Waals surface area contributed by atoms with Crippen molar-refractivity contribution in [2.75, 3.05) is 19.6 Å². The number of aliphatic carboxylic acids is 1. The summed E-state index contributed by atoms with van der Waals surface area (Å²) in [6.07, 6.45) is 4.95. The molecular formula is C17H25F2N3O2. The van der Waals surface area contributed by atoms with Crippen molar-refractivity contribution >= 4 is 5.97 Å². The van der Waals surface area contributed by atoms with Gasteiger partial charge in [-0.05, 0) is 44.2 Å². The summed E-state index contributed by atoms with van der Waals surface area (Å²) in [5, 5.41) is 13.1. The first-order valence-corrected chi connectivity index (χ1v) is 8.76. The second-order valence-corrected chi connectivity index (χ2v) is 7.21. The van der Waals surface area contributed by atoms with Crippen molar-refractivity contribution in [3.63, 3.8) is 0 Å². The molecule has 134 valence electrons. The number of carboxylic acids is 1. The topological polar surface area (TPSA) is 58.4 Å². The number of likely N-dealkylation sites (tertiary alicyclic amines) is 1. The zero-order valence-corrected chi connectivity index (χ0v) is 13.8. The predicted molar refractivity (Wildman–Crippen MR) is 85.2 cm³/mol. The minimum absolute atomic E-state index is 0.0142. The highest BCUT2D eigenvalue weighted by Gasteiger charge is 2.36. The summed E-state index contributed by atoms with van der Waals surface area (Å²) in [5.41, 5.74) is 0.970. The summed E-state index contributed by atoms with van der Waals surface area (Å²) < 4.78 is 28.1. The number of halogens is 2. The van der Waals surface area contributed by atoms with Crippen LogP contribution in [0.2, 0.25) is 0 Å². The molecular weight excluding hydrogens is 316 g/mol. The van der Waals surface area contributed by atoms with Crippen LogP contribution in [0.1, 0.15) is 50.1 Å². The van der Waals surface area contributed by atoms with Gasteiger partial charge in [0.15, 0.2) is 0 Å². The Labute approximate surface area is 140 Å². The minimum atomic E-state index is -2.47. The van der Waals surface area contributed by atoms with Gasteiger partial charge in [0.1, 0.15) is 6.54 Å². The first-order valence-electron chi connectivity index (χ1n) is 8.76. The Morgan fingerprint density at radius 3 is 2.79 bits per heavy atom. The normalized spacial score (nSPS) is 25.7. The molecule has 1 saturated heterocycles. The lowest BCUT2D eigenvalue weighted by Crippen LogP contribution is -2.40. The maximum absolute atomic E-state index is 13.3. The van der Waals surface area contributed by atoms with Crippen LogP contribution in [-0.2, 0) is 11.3 Å². The Hall–Kier alpha value is -1.50. The largest absolute Gasteiger partial charge is 0.480 e. The third-order valence-electron chi connectivity index (χ3n) is 5.31. The first-order chi connectivity index (χ1) is 11.4. The number of nitrogens with zero attached hydrogens (tertiary/aromatic N) is 3. The highest BCUT2D eigenvalue weighted by Crippen LogP contribution is 2.37. The second kappa shape index (κ2) is 7.17. The van der Waals surface area contributed by atoms with Gasteiger partial charge >= 0.3 is 5.97 Å². The van der Waals surface area contributed by atoms with Gasteiger partial charge in [0.25, 0.3) is 0 Å². The van der Waals surface area contributed by atoms with Gasteiger partial charge in [-0.15, -0.1) is 0 Å². The van der Waals surface area contributed by atoms with Crippen molar-refractivity contribution in [2.45, 2.75) is 56.9 Å². The molecule has 0 unspecified atom stereocenters. The van der Waals surface area contributed by atoms with Crippen LogP contribution in [0.4, 0.5) is 8.78 Å². The van der Waals surface area contributed by atoms with Crippen LogP contribution >= 0.6 is 0 Å². The van der Waals surface area contributed by atoms with Gasteiger partial charge in [0.2, 0.25) is 5.92 Å². The van der Waals surface area contributed by atoms with Gasteiger partial charge in [-0.1, -0.05) is 0 Å². The summed E-state index contributed by atoms with van der Waals surface area (Å²) in [6, 6.07) is 1.90. The molecule has 1 saturated carbocycles. The van der Waals surface area contributed by atoms with E-state index in [-0.39, 0.29) is 25.3 Å². The van der Waals surface area contributed by atoms with Gasteiger partial charge < -0.3 is 10.0 Å². The number of alkyl halides is 2. The van der Waals surface area contributed by atoms with E-state index in [1.165, 1.54) is 0 Å². The Kier molecular flexibility index (Phi) is 5.18. The lowest BCUT2D eigenvalue weighted by Gasteiger charge is -2.37. The Balaban J connectivity index is 1.57. The van der Waals surface area contributed by atoms with Gasteiger partial charge in [0.05, 0.1) is 0 Å². The highest BCUT2D eigenvalue weighted by atomic mass is 19.3. The summed E-state index contributed by atoms with van der Waals surface area (Å²) >= 11 is 0. The number of carboxylic acid groups (broad SMARTS) is 1. The molecule has 2 heterocycles. The van der Waals surface area contributed by atoms with Crippen LogP contribution in [-0.4, -0.2) is 51.3 Å². The van der Waals surface area contributed by atoms with E-state index in [4.69, 9.17) is 5.11 Å². The van der Waals surface area contributed by atoms with Crippen LogP contribution < -0.4 is 0 Å². The molecule has 1 aliphatic carbocycles. The van der Waals surface area contributed by atoms with E-state index in [9.17, 15) is 13.6 Å². The first kappa shape index (κ1) is 17.3. The van der Waals surface area contributed by atoms with Crippen molar-refractivity contribution in [1.29, 1.82) is 0 Å². The molecule has 0 amide bonds. The molecule has 24 heavy (non-hydrogen) atoms. The molecule has 3 rings (SSSR count). The standard InChI is InChI=1S/C17H25F2N3O2/c18-17(19)6-3-13(4-7-17)10-21-9-1-2-14(11-21)15-5-8-20-22(15)12-16(23)24/h5,8,13-14H,1-4,6-7,9-12H2,(H,23,24)/t14-/m0/s1. The third kappa shape index (κ3) is 4.32. The van der Waals surface area contributed by atoms with Crippen LogP contribution in [0.15, 0.2) is 12.3 Å². The van der Waals surface area contributed by atoms with Crippen molar-refractivity contribution < 1.29 is 18.7 Å². The molecule has 0 radical (unpaired) electrons. The van der Waals surface area contributed by atoms with E-state index < -0.39 is 11.9 Å². The van der Waals surface area contributed by atoms with E-state index in [0.717, 1.165) is 38.2 Å². The SMILES string of the molecule is O=C(O)Cn1nccc1[C@H]1CCCN(CC2CCC(F)(F)CC2)C1. The Morgan fingerprint density at radius 1 is 1.33 bits per heavy atom. The summed E-state index contributed by atoms with van der Waals surface area (Å²) in [5.74, 6) is -2.74. The molecule has 2 aliphatic rings. The average molecular weight is 341 g/mol. The lowest BCUT2D eigenvalue weighted by atomic mass is 9.85.